The Balaban J connectivity index is 2.04. The van der Waals surface area contributed by atoms with Gasteiger partial charge in [0.05, 0.1) is 12.1 Å². The van der Waals surface area contributed by atoms with Crippen LogP contribution in [0.4, 0.5) is 0 Å². The van der Waals surface area contributed by atoms with Crippen molar-refractivity contribution in [3.05, 3.63) is 47.8 Å². The average molecular weight is 260 g/mol. The van der Waals surface area contributed by atoms with Crippen LogP contribution in [0.3, 0.4) is 0 Å². The van der Waals surface area contributed by atoms with Crippen LogP contribution in [0.1, 0.15) is 23.0 Å². The maximum atomic E-state index is 12.0. The molecule has 2 aromatic rings. The summed E-state index contributed by atoms with van der Waals surface area (Å²) in [7, 11) is 1.85. The van der Waals surface area contributed by atoms with Gasteiger partial charge in [-0.05, 0) is 24.0 Å². The molecule has 0 fully saturated rings. The minimum atomic E-state index is 0.113. The summed E-state index contributed by atoms with van der Waals surface area (Å²) in [4.78, 5) is 13.2. The molecule has 1 heterocycles. The first-order valence-electron chi connectivity index (χ1n) is 5.93. The van der Waals surface area contributed by atoms with E-state index < -0.39 is 0 Å². The predicted octanol–water partition coefficient (Wildman–Crippen LogP) is 2.96. The minimum absolute atomic E-state index is 0.113. The maximum absolute atomic E-state index is 12.0. The van der Waals surface area contributed by atoms with Crippen LogP contribution in [-0.2, 0) is 13.5 Å². The Morgan fingerprint density at radius 3 is 2.56 bits per heavy atom. The van der Waals surface area contributed by atoms with Crippen LogP contribution in [-0.4, -0.2) is 21.3 Å². The lowest BCUT2D eigenvalue weighted by Crippen LogP contribution is -2.04. The van der Waals surface area contributed by atoms with Gasteiger partial charge in [-0.2, -0.15) is 5.10 Å². The van der Waals surface area contributed by atoms with Gasteiger partial charge in [0.2, 0.25) is 0 Å². The van der Waals surface area contributed by atoms with E-state index in [0.717, 1.165) is 17.0 Å². The summed E-state index contributed by atoms with van der Waals surface area (Å²) in [5.41, 5.74) is 1.57. The number of hydrogen-bond acceptors (Lipinski definition) is 3. The smallest absolute Gasteiger partial charge is 0.168 e. The second-order valence-corrected chi connectivity index (χ2v) is 5.38. The molecule has 0 saturated heterocycles. The molecule has 0 radical (unpaired) electrons. The van der Waals surface area contributed by atoms with Gasteiger partial charge in [-0.15, -0.1) is 11.8 Å². The van der Waals surface area contributed by atoms with Gasteiger partial charge in [-0.25, -0.2) is 0 Å². The molecule has 18 heavy (non-hydrogen) atoms. The van der Waals surface area contributed by atoms with Crippen LogP contribution in [0, 0.1) is 0 Å². The van der Waals surface area contributed by atoms with E-state index in [4.69, 9.17) is 0 Å². The third-order valence-electron chi connectivity index (χ3n) is 2.60. The molecule has 0 atom stereocenters. The van der Waals surface area contributed by atoms with Crippen molar-refractivity contribution in [2.45, 2.75) is 18.2 Å². The van der Waals surface area contributed by atoms with Crippen LogP contribution < -0.4 is 0 Å². The zero-order valence-electron chi connectivity index (χ0n) is 10.6. The van der Waals surface area contributed by atoms with Gasteiger partial charge < -0.3 is 0 Å². The Hall–Kier alpha value is -1.55. The van der Waals surface area contributed by atoms with E-state index in [2.05, 4.69) is 12.0 Å². The molecule has 94 valence electrons. The van der Waals surface area contributed by atoms with Crippen molar-refractivity contribution in [3.8, 4) is 0 Å². The van der Waals surface area contributed by atoms with Crippen molar-refractivity contribution < 1.29 is 4.79 Å². The predicted molar refractivity (Wildman–Crippen MR) is 74.1 cm³/mol. The molecule has 0 N–H and O–H groups in total. The van der Waals surface area contributed by atoms with Crippen molar-refractivity contribution in [1.29, 1.82) is 0 Å². The molecule has 1 aromatic heterocycles. The molecule has 0 saturated carbocycles. The molecule has 0 amide bonds. The first-order valence-corrected chi connectivity index (χ1v) is 6.92. The van der Waals surface area contributed by atoms with Crippen LogP contribution in [0.15, 0.2) is 41.4 Å². The Bertz CT molecular complexity index is 531. The largest absolute Gasteiger partial charge is 0.294 e. The molecule has 0 aliphatic heterocycles. The molecule has 0 aliphatic rings. The van der Waals surface area contributed by atoms with Gasteiger partial charge in [0.1, 0.15) is 0 Å². The number of rotatable bonds is 5. The Morgan fingerprint density at radius 1 is 1.28 bits per heavy atom. The number of Topliss-reactive ketones (excluding diaryl/α,β-unsaturated/α-hetero) is 1. The molecule has 1 aromatic carbocycles. The normalized spacial score (nSPS) is 10.6. The molecule has 0 unspecified atom stereocenters. The van der Waals surface area contributed by atoms with Gasteiger partial charge in [0.15, 0.2) is 5.78 Å². The summed E-state index contributed by atoms with van der Waals surface area (Å²) < 4.78 is 1.71. The molecule has 0 bridgehead atoms. The summed E-state index contributed by atoms with van der Waals surface area (Å²) in [5.74, 6) is 1.16. The van der Waals surface area contributed by atoms with Crippen molar-refractivity contribution in [2.75, 3.05) is 5.75 Å². The Kier molecular flexibility index (Phi) is 4.20. The molecule has 3 nitrogen and oxygen atoms in total. The highest BCUT2D eigenvalue weighted by Gasteiger charge is 2.08. The molecular weight excluding hydrogens is 244 g/mol. The fourth-order valence-electron chi connectivity index (χ4n) is 1.73. The molecule has 0 spiro atoms. The molecule has 0 aliphatic carbocycles. The highest BCUT2D eigenvalue weighted by molar-refractivity contribution is 7.99. The van der Waals surface area contributed by atoms with Gasteiger partial charge in [0, 0.05) is 23.7 Å². The van der Waals surface area contributed by atoms with Crippen molar-refractivity contribution >= 4 is 17.5 Å². The van der Waals surface area contributed by atoms with Crippen LogP contribution in [0.2, 0.25) is 0 Å². The number of hydrogen-bond donors (Lipinski definition) is 0. The number of ketones is 1. The number of thioether (sulfide) groups is 1. The second kappa shape index (κ2) is 5.87. The number of carbonyl (C=O) groups is 1. The lowest BCUT2D eigenvalue weighted by Gasteiger charge is -2.01. The summed E-state index contributed by atoms with van der Waals surface area (Å²) in [6.45, 7) is 2.12. The summed E-state index contributed by atoms with van der Waals surface area (Å²) in [6.07, 6.45) is 2.21. The molecular formula is C14H16N2OS. The zero-order valence-corrected chi connectivity index (χ0v) is 11.4. The van der Waals surface area contributed by atoms with Gasteiger partial charge in [0.25, 0.3) is 0 Å². The maximum Gasteiger partial charge on any atom is 0.168 e. The van der Waals surface area contributed by atoms with Crippen molar-refractivity contribution in [3.63, 3.8) is 0 Å². The van der Waals surface area contributed by atoms with E-state index in [0.29, 0.717) is 6.42 Å². The first-order chi connectivity index (χ1) is 8.69. The first kappa shape index (κ1) is 12.9. The number of aryl methyl sites for hydroxylation is 1. The lowest BCUT2D eigenvalue weighted by atomic mass is 10.1. The van der Waals surface area contributed by atoms with Crippen LogP contribution in [0.25, 0.3) is 0 Å². The van der Waals surface area contributed by atoms with Crippen molar-refractivity contribution in [2.24, 2.45) is 7.05 Å². The number of aromatic nitrogens is 2. The van der Waals surface area contributed by atoms with Gasteiger partial charge in [-0.3, -0.25) is 9.48 Å². The highest BCUT2D eigenvalue weighted by Crippen LogP contribution is 2.18. The fraction of sp³-hybridized carbons (Fsp3) is 0.286. The highest BCUT2D eigenvalue weighted by atomic mass is 32.2. The SMILES string of the molecule is CCSc1ccc(C(=O)Cc2ccn(C)n2)cc1. The third kappa shape index (κ3) is 3.23. The quantitative estimate of drug-likeness (QED) is 0.612. The van der Waals surface area contributed by atoms with Gasteiger partial charge >= 0.3 is 0 Å². The molecule has 4 heteroatoms. The monoisotopic (exact) mass is 260 g/mol. The van der Waals surface area contributed by atoms with E-state index >= 15 is 0 Å². The standard InChI is InChI=1S/C14H16N2OS/c1-3-18-13-6-4-11(5-7-13)14(17)10-12-8-9-16(2)15-12/h4-9H,3,10H2,1-2H3. The zero-order chi connectivity index (χ0) is 13.0. The van der Waals surface area contributed by atoms with E-state index in [-0.39, 0.29) is 5.78 Å². The summed E-state index contributed by atoms with van der Waals surface area (Å²) in [5, 5.41) is 4.21. The Labute approximate surface area is 111 Å². The lowest BCUT2D eigenvalue weighted by molar-refractivity contribution is 0.0992. The summed E-state index contributed by atoms with van der Waals surface area (Å²) in [6, 6.07) is 9.66. The topological polar surface area (TPSA) is 34.9 Å². The number of nitrogens with zero attached hydrogens (tertiary/aromatic N) is 2. The number of carbonyl (C=O) groups excluding carboxylic acids is 1. The van der Waals surface area contributed by atoms with Gasteiger partial charge in [-0.1, -0.05) is 19.1 Å². The van der Waals surface area contributed by atoms with E-state index in [9.17, 15) is 4.79 Å². The average Bonchev–Trinajstić information content (AvgIpc) is 2.76. The Morgan fingerprint density at radius 2 is 2.00 bits per heavy atom. The van der Waals surface area contributed by atoms with E-state index in [1.54, 1.807) is 16.4 Å². The van der Waals surface area contributed by atoms with Crippen LogP contribution >= 0.6 is 11.8 Å². The summed E-state index contributed by atoms with van der Waals surface area (Å²) >= 11 is 1.78. The second-order valence-electron chi connectivity index (χ2n) is 4.04. The van der Waals surface area contributed by atoms with E-state index in [1.807, 2.05) is 43.6 Å². The minimum Gasteiger partial charge on any atom is -0.294 e. The van der Waals surface area contributed by atoms with Crippen molar-refractivity contribution in [1.82, 2.24) is 9.78 Å². The fourth-order valence-corrected chi connectivity index (χ4v) is 2.39. The number of benzene rings is 1. The van der Waals surface area contributed by atoms with Crippen LogP contribution in [0.5, 0.6) is 0 Å². The third-order valence-corrected chi connectivity index (χ3v) is 3.49. The molecule has 2 rings (SSSR count). The van der Waals surface area contributed by atoms with E-state index in [1.165, 1.54) is 4.90 Å².